The van der Waals surface area contributed by atoms with Gasteiger partial charge in [-0.05, 0) is 67.8 Å². The summed E-state index contributed by atoms with van der Waals surface area (Å²) in [4.78, 5) is 40.8. The number of amides is 2. The number of sulfonamides is 1. The number of nitrogens with zero attached hydrogens (tertiary/aromatic N) is 3. The summed E-state index contributed by atoms with van der Waals surface area (Å²) in [5.41, 5.74) is 1.26. The number of benzene rings is 4. The second-order valence-corrected chi connectivity index (χ2v) is 14.9. The second kappa shape index (κ2) is 17.0. The lowest BCUT2D eigenvalue weighted by Gasteiger charge is -2.34. The van der Waals surface area contributed by atoms with E-state index in [0.29, 0.717) is 12.0 Å². The molecule has 50 heavy (non-hydrogen) atoms. The molecule has 11 nitrogen and oxygen atoms in total. The predicted octanol–water partition coefficient (Wildman–Crippen LogP) is 7.08. The number of nitrogens with one attached hydrogen (secondary N) is 1. The lowest BCUT2D eigenvalue weighted by molar-refractivity contribution is -0.385. The molecule has 4 rings (SSSR count). The Bertz CT molecular complexity index is 1960. The number of halogens is 2. The van der Waals surface area contributed by atoms with Crippen molar-refractivity contribution in [3.8, 4) is 5.75 Å². The topological polar surface area (TPSA) is 139 Å². The number of methoxy groups -OCH3 is 1. The van der Waals surface area contributed by atoms with Crippen molar-refractivity contribution in [3.63, 3.8) is 0 Å². The molecular weight excluding hydrogens is 748 g/mol. The number of nitro benzene ring substituents is 1. The maximum atomic E-state index is 14.7. The fourth-order valence-electron chi connectivity index (χ4n) is 5.27. The third kappa shape index (κ3) is 9.40. The SMILES string of the molecule is CC[C@@H](C)NC(=O)[C@@H](Cc1ccccc1)N(Cc1cccc(Br)c1)C(=O)CN(c1cc(Cl)ccc1OC)S(=O)(=O)c1ccc(C)c([N+](=O)[O-])c1. The van der Waals surface area contributed by atoms with Gasteiger partial charge >= 0.3 is 0 Å². The highest BCUT2D eigenvalue weighted by atomic mass is 79.9. The van der Waals surface area contributed by atoms with E-state index >= 15 is 0 Å². The van der Waals surface area contributed by atoms with E-state index in [1.165, 1.54) is 49.3 Å². The summed E-state index contributed by atoms with van der Waals surface area (Å²) in [6.07, 6.45) is 0.785. The van der Waals surface area contributed by atoms with Crippen LogP contribution in [0, 0.1) is 17.0 Å². The van der Waals surface area contributed by atoms with Gasteiger partial charge in [-0.1, -0.05) is 83.0 Å². The van der Waals surface area contributed by atoms with Crippen LogP contribution in [0.5, 0.6) is 5.75 Å². The van der Waals surface area contributed by atoms with Crippen LogP contribution in [0.4, 0.5) is 11.4 Å². The minimum Gasteiger partial charge on any atom is -0.495 e. The maximum absolute atomic E-state index is 14.7. The van der Waals surface area contributed by atoms with Gasteiger partial charge in [-0.3, -0.25) is 24.0 Å². The first-order valence-corrected chi connectivity index (χ1v) is 18.4. The first-order chi connectivity index (χ1) is 23.7. The molecule has 0 saturated heterocycles. The van der Waals surface area contributed by atoms with Crippen molar-refractivity contribution in [2.75, 3.05) is 18.0 Å². The van der Waals surface area contributed by atoms with Gasteiger partial charge in [0.1, 0.15) is 18.3 Å². The van der Waals surface area contributed by atoms with Crippen LogP contribution in [0.25, 0.3) is 0 Å². The van der Waals surface area contributed by atoms with Crippen LogP contribution in [-0.2, 0) is 32.6 Å². The van der Waals surface area contributed by atoms with Gasteiger partial charge in [0.05, 0.1) is 22.6 Å². The van der Waals surface area contributed by atoms with E-state index in [-0.39, 0.29) is 41.0 Å². The van der Waals surface area contributed by atoms with Crippen LogP contribution in [0.15, 0.2) is 100 Å². The number of hydrogen-bond donors (Lipinski definition) is 1. The van der Waals surface area contributed by atoms with Crippen molar-refractivity contribution in [2.24, 2.45) is 0 Å². The van der Waals surface area contributed by atoms with E-state index in [1.54, 1.807) is 12.1 Å². The van der Waals surface area contributed by atoms with E-state index in [2.05, 4.69) is 21.2 Å². The van der Waals surface area contributed by atoms with E-state index in [4.69, 9.17) is 16.3 Å². The Labute approximate surface area is 305 Å². The molecule has 14 heteroatoms. The van der Waals surface area contributed by atoms with E-state index in [0.717, 1.165) is 20.4 Å². The van der Waals surface area contributed by atoms with Crippen LogP contribution in [0.2, 0.25) is 5.02 Å². The van der Waals surface area contributed by atoms with E-state index < -0.39 is 49.9 Å². The zero-order valence-corrected chi connectivity index (χ0v) is 31.2. The molecule has 1 N–H and O–H groups in total. The fourth-order valence-corrected chi connectivity index (χ4v) is 7.32. The zero-order chi connectivity index (χ0) is 36.6. The lowest BCUT2D eigenvalue weighted by Crippen LogP contribution is -2.54. The monoisotopic (exact) mass is 784 g/mol. The molecule has 4 aromatic carbocycles. The molecule has 0 aromatic heterocycles. The van der Waals surface area contributed by atoms with Crippen molar-refractivity contribution in [1.82, 2.24) is 10.2 Å². The van der Waals surface area contributed by atoms with Crippen molar-refractivity contribution in [2.45, 2.75) is 57.1 Å². The first kappa shape index (κ1) is 38.3. The van der Waals surface area contributed by atoms with Gasteiger partial charge < -0.3 is 15.0 Å². The van der Waals surface area contributed by atoms with E-state index in [1.807, 2.05) is 56.3 Å². The van der Waals surface area contributed by atoms with Gasteiger partial charge in [0.15, 0.2) is 0 Å². The number of carbonyl (C=O) groups excluding carboxylic acids is 2. The molecule has 0 bridgehead atoms. The number of hydrogen-bond acceptors (Lipinski definition) is 7. The van der Waals surface area contributed by atoms with Gasteiger partial charge in [0, 0.05) is 40.1 Å². The van der Waals surface area contributed by atoms with Gasteiger partial charge in [-0.15, -0.1) is 0 Å². The second-order valence-electron chi connectivity index (χ2n) is 11.7. The minimum atomic E-state index is -4.68. The minimum absolute atomic E-state index is 0.0414. The molecule has 0 aliphatic heterocycles. The fraction of sp³-hybridized carbons (Fsp3) is 0.278. The Morgan fingerprint density at radius 3 is 2.34 bits per heavy atom. The molecule has 0 fully saturated rings. The number of aryl methyl sites for hydroxylation is 1. The Morgan fingerprint density at radius 2 is 1.70 bits per heavy atom. The van der Waals surface area contributed by atoms with Crippen molar-refractivity contribution in [1.29, 1.82) is 0 Å². The van der Waals surface area contributed by atoms with Crippen molar-refractivity contribution in [3.05, 3.63) is 127 Å². The van der Waals surface area contributed by atoms with Gasteiger partial charge in [0.2, 0.25) is 11.8 Å². The third-order valence-electron chi connectivity index (χ3n) is 8.17. The van der Waals surface area contributed by atoms with Crippen LogP contribution in [0.1, 0.15) is 37.0 Å². The van der Waals surface area contributed by atoms with Gasteiger partial charge in [0.25, 0.3) is 15.7 Å². The highest BCUT2D eigenvalue weighted by Crippen LogP contribution is 2.36. The summed E-state index contributed by atoms with van der Waals surface area (Å²) in [5.74, 6) is -1.03. The average molecular weight is 786 g/mol. The third-order valence-corrected chi connectivity index (χ3v) is 10.7. The normalized spacial score (nSPS) is 12.4. The quantitative estimate of drug-likeness (QED) is 0.100. The maximum Gasteiger partial charge on any atom is 0.273 e. The number of nitro groups is 1. The van der Waals surface area contributed by atoms with Gasteiger partial charge in [-0.2, -0.15) is 0 Å². The average Bonchev–Trinajstić information content (AvgIpc) is 3.08. The Morgan fingerprint density at radius 1 is 1.00 bits per heavy atom. The van der Waals surface area contributed by atoms with Crippen LogP contribution >= 0.6 is 27.5 Å². The van der Waals surface area contributed by atoms with Crippen LogP contribution in [-0.4, -0.2) is 55.8 Å². The molecule has 4 aromatic rings. The van der Waals surface area contributed by atoms with E-state index in [9.17, 15) is 28.1 Å². The van der Waals surface area contributed by atoms with Crippen LogP contribution in [0.3, 0.4) is 0 Å². The molecule has 264 valence electrons. The molecule has 0 spiro atoms. The molecule has 2 amide bonds. The first-order valence-electron chi connectivity index (χ1n) is 15.7. The summed E-state index contributed by atoms with van der Waals surface area (Å²) in [6, 6.07) is 23.0. The standard InChI is InChI=1S/C36H38BrClN4O7S/c1-5-25(3)39-36(44)33(19-26-10-7-6-8-11-26)40(22-27-12-9-13-28(37)18-27)35(43)23-41(32-20-29(38)15-17-34(32)49-4)50(47,48)30-16-14-24(2)31(21-30)42(45)46/h6-18,20-21,25,33H,5,19,22-23H2,1-4H3,(H,39,44)/t25-,33-/m1/s1. The molecule has 0 heterocycles. The van der Waals surface area contributed by atoms with Crippen molar-refractivity contribution < 1.29 is 27.7 Å². The molecule has 0 aliphatic carbocycles. The molecular formula is C36H38BrClN4O7S. The van der Waals surface area contributed by atoms with Crippen LogP contribution < -0.4 is 14.4 Å². The molecule has 0 radical (unpaired) electrons. The predicted molar refractivity (Wildman–Crippen MR) is 197 cm³/mol. The summed E-state index contributed by atoms with van der Waals surface area (Å²) in [7, 11) is -3.34. The molecule has 0 aliphatic rings. The number of rotatable bonds is 15. The molecule has 0 unspecified atom stereocenters. The zero-order valence-electron chi connectivity index (χ0n) is 28.0. The Balaban J connectivity index is 1.90. The Hall–Kier alpha value is -4.46. The van der Waals surface area contributed by atoms with Gasteiger partial charge in [-0.25, -0.2) is 8.42 Å². The number of ether oxygens (including phenoxy) is 1. The lowest BCUT2D eigenvalue weighted by atomic mass is 10.0. The molecule has 2 atom stereocenters. The highest BCUT2D eigenvalue weighted by Gasteiger charge is 2.36. The smallest absolute Gasteiger partial charge is 0.273 e. The number of anilines is 1. The highest BCUT2D eigenvalue weighted by molar-refractivity contribution is 9.10. The van der Waals surface area contributed by atoms with Crippen molar-refractivity contribution >= 4 is 60.7 Å². The summed E-state index contributed by atoms with van der Waals surface area (Å²) >= 11 is 9.82. The molecule has 0 saturated carbocycles. The summed E-state index contributed by atoms with van der Waals surface area (Å²) in [6.45, 7) is 4.44. The summed E-state index contributed by atoms with van der Waals surface area (Å²) < 4.78 is 36.0. The Kier molecular flexibility index (Phi) is 13.0. The summed E-state index contributed by atoms with van der Waals surface area (Å²) in [5, 5.41) is 14.9. The largest absolute Gasteiger partial charge is 0.495 e. The number of carbonyl (C=O) groups is 2.